The number of benzene rings is 1. The summed E-state index contributed by atoms with van der Waals surface area (Å²) < 4.78 is 16.2. The van der Waals surface area contributed by atoms with Gasteiger partial charge in [0, 0.05) is 12.2 Å². The van der Waals surface area contributed by atoms with Gasteiger partial charge in [0.1, 0.15) is 19.2 Å². The molecule has 2 aliphatic rings. The van der Waals surface area contributed by atoms with Crippen LogP contribution in [0.2, 0.25) is 0 Å². The van der Waals surface area contributed by atoms with E-state index in [1.165, 1.54) is 18.4 Å². The highest BCUT2D eigenvalue weighted by Gasteiger charge is 2.17. The number of rotatable bonds is 4. The highest BCUT2D eigenvalue weighted by Crippen LogP contribution is 2.32. The number of ether oxygens (including phenoxy) is 3. The number of quaternary nitrogens is 1. The van der Waals surface area contributed by atoms with Crippen molar-refractivity contribution in [1.82, 2.24) is 0 Å². The maximum absolute atomic E-state index is 5.59. The van der Waals surface area contributed by atoms with Crippen LogP contribution in [0.1, 0.15) is 18.4 Å². The zero-order valence-electron chi connectivity index (χ0n) is 9.85. The van der Waals surface area contributed by atoms with Gasteiger partial charge in [0.2, 0.25) is 6.79 Å². The maximum Gasteiger partial charge on any atom is 0.231 e. The molecule has 1 saturated heterocycles. The van der Waals surface area contributed by atoms with E-state index in [1.807, 2.05) is 6.07 Å². The summed E-state index contributed by atoms with van der Waals surface area (Å²) in [5.41, 5.74) is 1.27. The first kappa shape index (κ1) is 10.9. The van der Waals surface area contributed by atoms with Crippen LogP contribution in [0.5, 0.6) is 11.5 Å². The lowest BCUT2D eigenvalue weighted by molar-refractivity contribution is -0.676. The predicted molar refractivity (Wildman–Crippen MR) is 62.0 cm³/mol. The molecule has 4 heteroatoms. The molecule has 1 fully saturated rings. The minimum absolute atomic E-state index is 0.346. The molecule has 1 atom stereocenters. The minimum Gasteiger partial charge on any atom is -0.454 e. The van der Waals surface area contributed by atoms with E-state index in [0.29, 0.717) is 12.9 Å². The van der Waals surface area contributed by atoms with Crippen LogP contribution >= 0.6 is 0 Å². The van der Waals surface area contributed by atoms with Crippen LogP contribution in [0.15, 0.2) is 18.2 Å². The summed E-state index contributed by atoms with van der Waals surface area (Å²) in [4.78, 5) is 0. The molecule has 0 amide bonds. The van der Waals surface area contributed by atoms with Gasteiger partial charge in [-0.05, 0) is 31.0 Å². The van der Waals surface area contributed by atoms with Crippen molar-refractivity contribution in [2.75, 3.05) is 19.9 Å². The molecular formula is C13H18NO3+. The highest BCUT2D eigenvalue weighted by atomic mass is 16.7. The van der Waals surface area contributed by atoms with E-state index < -0.39 is 0 Å². The molecule has 0 bridgehead atoms. The summed E-state index contributed by atoms with van der Waals surface area (Å²) >= 11 is 0. The summed E-state index contributed by atoms with van der Waals surface area (Å²) in [5.74, 6) is 1.72. The van der Waals surface area contributed by atoms with Gasteiger partial charge in [-0.15, -0.1) is 0 Å². The lowest BCUT2D eigenvalue weighted by Gasteiger charge is -2.08. The Bertz CT molecular complexity index is 388. The van der Waals surface area contributed by atoms with Crippen molar-refractivity contribution >= 4 is 0 Å². The fourth-order valence-electron chi connectivity index (χ4n) is 2.33. The standard InChI is InChI=1S/C13H17NO3/c1-2-11(15-5-1)8-14-7-10-3-4-12-13(6-10)17-9-16-12/h3-4,6,11,14H,1-2,5,7-9H2/p+1/t11-/m0/s1. The van der Waals surface area contributed by atoms with E-state index in [1.54, 1.807) is 0 Å². The van der Waals surface area contributed by atoms with Crippen molar-refractivity contribution in [3.8, 4) is 11.5 Å². The third-order valence-corrected chi connectivity index (χ3v) is 3.27. The minimum atomic E-state index is 0.346. The molecule has 0 aromatic heterocycles. The fourth-order valence-corrected chi connectivity index (χ4v) is 2.33. The monoisotopic (exact) mass is 236 g/mol. The Kier molecular flexibility index (Phi) is 3.16. The summed E-state index contributed by atoms with van der Waals surface area (Å²) in [7, 11) is 0. The second kappa shape index (κ2) is 4.94. The van der Waals surface area contributed by atoms with E-state index in [9.17, 15) is 0 Å². The maximum atomic E-state index is 5.59. The topological polar surface area (TPSA) is 44.3 Å². The van der Waals surface area contributed by atoms with Crippen molar-refractivity contribution in [3.63, 3.8) is 0 Å². The van der Waals surface area contributed by atoms with Crippen molar-refractivity contribution < 1.29 is 19.5 Å². The largest absolute Gasteiger partial charge is 0.454 e. The molecule has 0 spiro atoms. The van der Waals surface area contributed by atoms with Crippen LogP contribution in [0, 0.1) is 0 Å². The number of nitrogens with two attached hydrogens (primary N) is 1. The van der Waals surface area contributed by atoms with Gasteiger partial charge in [-0.2, -0.15) is 0 Å². The van der Waals surface area contributed by atoms with Gasteiger partial charge in [0.25, 0.3) is 0 Å². The average molecular weight is 236 g/mol. The molecule has 2 N–H and O–H groups in total. The molecule has 2 aliphatic heterocycles. The molecule has 1 aromatic carbocycles. The molecule has 3 rings (SSSR count). The number of hydrogen-bond donors (Lipinski definition) is 1. The summed E-state index contributed by atoms with van der Waals surface area (Å²) in [5, 5.41) is 2.30. The Morgan fingerprint density at radius 3 is 3.06 bits per heavy atom. The molecule has 4 nitrogen and oxygen atoms in total. The van der Waals surface area contributed by atoms with Crippen LogP contribution in [-0.4, -0.2) is 26.0 Å². The highest BCUT2D eigenvalue weighted by molar-refractivity contribution is 5.44. The van der Waals surface area contributed by atoms with Crippen molar-refractivity contribution in [2.24, 2.45) is 0 Å². The van der Waals surface area contributed by atoms with E-state index in [0.717, 1.165) is 31.2 Å². The second-order valence-electron chi connectivity index (χ2n) is 4.55. The van der Waals surface area contributed by atoms with Crippen LogP contribution in [0.3, 0.4) is 0 Å². The lowest BCUT2D eigenvalue weighted by atomic mass is 10.2. The van der Waals surface area contributed by atoms with E-state index in [-0.39, 0.29) is 0 Å². The second-order valence-corrected chi connectivity index (χ2v) is 4.55. The first-order valence-corrected chi connectivity index (χ1v) is 6.23. The molecule has 17 heavy (non-hydrogen) atoms. The SMILES string of the molecule is c1cc2c(cc1C[NH2+]C[C@@H]1CCCO1)OCO2. The molecule has 92 valence electrons. The van der Waals surface area contributed by atoms with Crippen molar-refractivity contribution in [2.45, 2.75) is 25.5 Å². The molecule has 1 aromatic rings. The molecule has 0 saturated carbocycles. The Labute approximate surface area is 101 Å². The van der Waals surface area contributed by atoms with Gasteiger partial charge in [0.15, 0.2) is 11.5 Å². The van der Waals surface area contributed by atoms with Crippen molar-refractivity contribution in [3.05, 3.63) is 23.8 Å². The summed E-state index contributed by atoms with van der Waals surface area (Å²) in [6.45, 7) is 3.30. The zero-order valence-corrected chi connectivity index (χ0v) is 9.85. The van der Waals surface area contributed by atoms with Crippen LogP contribution in [0.25, 0.3) is 0 Å². The first-order valence-electron chi connectivity index (χ1n) is 6.23. The molecule has 0 unspecified atom stereocenters. The molecule has 0 radical (unpaired) electrons. The number of hydrogen-bond acceptors (Lipinski definition) is 3. The molecule has 2 heterocycles. The first-order chi connectivity index (χ1) is 8.42. The fraction of sp³-hybridized carbons (Fsp3) is 0.538. The van der Waals surface area contributed by atoms with Crippen LogP contribution < -0.4 is 14.8 Å². The van der Waals surface area contributed by atoms with Gasteiger partial charge >= 0.3 is 0 Å². The van der Waals surface area contributed by atoms with Gasteiger partial charge < -0.3 is 19.5 Å². The zero-order chi connectivity index (χ0) is 11.5. The van der Waals surface area contributed by atoms with Gasteiger partial charge in [-0.1, -0.05) is 0 Å². The Morgan fingerprint density at radius 1 is 1.24 bits per heavy atom. The average Bonchev–Trinajstić information content (AvgIpc) is 2.98. The number of fused-ring (bicyclic) bond motifs is 1. The van der Waals surface area contributed by atoms with Crippen LogP contribution in [0.4, 0.5) is 0 Å². The normalized spacial score (nSPS) is 22.0. The van der Waals surface area contributed by atoms with Crippen LogP contribution in [-0.2, 0) is 11.3 Å². The van der Waals surface area contributed by atoms with Gasteiger partial charge in [-0.3, -0.25) is 0 Å². The van der Waals surface area contributed by atoms with Crippen molar-refractivity contribution in [1.29, 1.82) is 0 Å². The van der Waals surface area contributed by atoms with Gasteiger partial charge in [0.05, 0.1) is 0 Å². The lowest BCUT2D eigenvalue weighted by Crippen LogP contribution is -2.84. The quantitative estimate of drug-likeness (QED) is 0.835. The third kappa shape index (κ3) is 2.53. The summed E-state index contributed by atoms with van der Waals surface area (Å²) in [6.07, 6.45) is 2.86. The third-order valence-electron chi connectivity index (χ3n) is 3.27. The summed E-state index contributed by atoms with van der Waals surface area (Å²) in [6, 6.07) is 6.14. The Morgan fingerprint density at radius 2 is 2.18 bits per heavy atom. The van der Waals surface area contributed by atoms with E-state index >= 15 is 0 Å². The van der Waals surface area contributed by atoms with E-state index in [2.05, 4.69) is 17.4 Å². The smallest absolute Gasteiger partial charge is 0.231 e. The molecular weight excluding hydrogens is 218 g/mol. The predicted octanol–water partition coefficient (Wildman–Crippen LogP) is 0.658. The van der Waals surface area contributed by atoms with Gasteiger partial charge in [-0.25, -0.2) is 0 Å². The Balaban J connectivity index is 1.51. The van der Waals surface area contributed by atoms with E-state index in [4.69, 9.17) is 14.2 Å². The molecule has 0 aliphatic carbocycles. The Hall–Kier alpha value is -1.26.